The molecule has 0 saturated heterocycles. The summed E-state index contributed by atoms with van der Waals surface area (Å²) in [6.07, 6.45) is 8.37. The van der Waals surface area contributed by atoms with Crippen LogP contribution in [0.1, 0.15) is 49.6 Å². The number of aromatic nitrogens is 3. The van der Waals surface area contributed by atoms with Crippen molar-refractivity contribution in [1.82, 2.24) is 20.3 Å². The standard InChI is InChI=1S/C24H26N4O/c1-24(2)13-20(27-22(29)11-10-17-7-4-3-5-8-17)19-16-26-23(28-21(19)14-24)18-9-6-12-25-15-18/h3-9,12,15-16,20H,10-11,13-14H2,1-2H3,(H,27,29)/t20-/m1/s1. The number of fused-ring (bicyclic) bond motifs is 1. The minimum absolute atomic E-state index is 0.0556. The van der Waals surface area contributed by atoms with Gasteiger partial charge in [0.15, 0.2) is 5.82 Å². The molecule has 5 nitrogen and oxygen atoms in total. The second-order valence-corrected chi connectivity index (χ2v) is 8.49. The molecule has 1 amide bonds. The summed E-state index contributed by atoms with van der Waals surface area (Å²) >= 11 is 0. The van der Waals surface area contributed by atoms with E-state index in [0.29, 0.717) is 12.2 Å². The molecule has 0 spiro atoms. The van der Waals surface area contributed by atoms with E-state index < -0.39 is 0 Å². The van der Waals surface area contributed by atoms with Gasteiger partial charge in [-0.1, -0.05) is 44.2 Å². The van der Waals surface area contributed by atoms with Crippen LogP contribution in [-0.4, -0.2) is 20.9 Å². The zero-order valence-electron chi connectivity index (χ0n) is 16.9. The van der Waals surface area contributed by atoms with E-state index in [2.05, 4.69) is 41.3 Å². The minimum atomic E-state index is -0.0556. The van der Waals surface area contributed by atoms with Crippen LogP contribution in [0.2, 0.25) is 0 Å². The highest BCUT2D eigenvalue weighted by atomic mass is 16.1. The van der Waals surface area contributed by atoms with Gasteiger partial charge in [0.05, 0.1) is 11.7 Å². The summed E-state index contributed by atoms with van der Waals surface area (Å²) in [5, 5.41) is 3.23. The third-order valence-electron chi connectivity index (χ3n) is 5.42. The maximum Gasteiger partial charge on any atom is 0.220 e. The summed E-state index contributed by atoms with van der Waals surface area (Å²) < 4.78 is 0. The average molecular weight is 386 g/mol. The zero-order valence-corrected chi connectivity index (χ0v) is 16.9. The van der Waals surface area contributed by atoms with E-state index in [1.165, 1.54) is 5.56 Å². The van der Waals surface area contributed by atoms with E-state index in [1.807, 2.05) is 36.5 Å². The number of carbonyl (C=O) groups is 1. The fraction of sp³-hybridized carbons (Fsp3) is 0.333. The van der Waals surface area contributed by atoms with Crippen LogP contribution in [0.25, 0.3) is 11.4 Å². The van der Waals surface area contributed by atoms with Crippen LogP contribution in [-0.2, 0) is 17.6 Å². The Kier molecular flexibility index (Phi) is 5.38. The molecule has 5 heteroatoms. The van der Waals surface area contributed by atoms with E-state index in [9.17, 15) is 4.79 Å². The first kappa shape index (κ1) is 19.2. The predicted molar refractivity (Wildman–Crippen MR) is 113 cm³/mol. The highest BCUT2D eigenvalue weighted by molar-refractivity contribution is 5.76. The van der Waals surface area contributed by atoms with Crippen molar-refractivity contribution in [2.45, 2.75) is 45.6 Å². The molecule has 1 aliphatic carbocycles. The van der Waals surface area contributed by atoms with Crippen LogP contribution in [0, 0.1) is 5.41 Å². The Morgan fingerprint density at radius 1 is 1.14 bits per heavy atom. The van der Waals surface area contributed by atoms with Crippen molar-refractivity contribution in [2.24, 2.45) is 5.41 Å². The Labute approximate surface area is 171 Å². The largest absolute Gasteiger partial charge is 0.349 e. The molecule has 1 aromatic carbocycles. The lowest BCUT2D eigenvalue weighted by Gasteiger charge is -2.36. The third-order valence-corrected chi connectivity index (χ3v) is 5.42. The van der Waals surface area contributed by atoms with Crippen molar-refractivity contribution in [3.63, 3.8) is 0 Å². The molecule has 1 aliphatic rings. The Morgan fingerprint density at radius 3 is 2.72 bits per heavy atom. The van der Waals surface area contributed by atoms with Gasteiger partial charge in [0, 0.05) is 36.1 Å². The lowest BCUT2D eigenvalue weighted by atomic mass is 9.74. The molecule has 0 bridgehead atoms. The molecule has 0 saturated carbocycles. The smallest absolute Gasteiger partial charge is 0.220 e. The van der Waals surface area contributed by atoms with E-state index in [4.69, 9.17) is 4.98 Å². The molecule has 0 radical (unpaired) electrons. The lowest BCUT2D eigenvalue weighted by molar-refractivity contribution is -0.122. The molecule has 148 valence electrons. The second kappa shape index (κ2) is 8.11. The maximum atomic E-state index is 12.6. The van der Waals surface area contributed by atoms with E-state index in [-0.39, 0.29) is 17.4 Å². The summed E-state index contributed by atoms with van der Waals surface area (Å²) in [4.78, 5) is 26.2. The normalized spacial score (nSPS) is 17.4. The Balaban J connectivity index is 1.52. The Morgan fingerprint density at radius 2 is 1.97 bits per heavy atom. The number of benzene rings is 1. The zero-order chi connectivity index (χ0) is 20.3. The number of aryl methyl sites for hydroxylation is 1. The molecule has 1 atom stereocenters. The van der Waals surface area contributed by atoms with Gasteiger partial charge >= 0.3 is 0 Å². The van der Waals surface area contributed by atoms with Crippen molar-refractivity contribution in [2.75, 3.05) is 0 Å². The van der Waals surface area contributed by atoms with Gasteiger partial charge in [-0.25, -0.2) is 9.97 Å². The highest BCUT2D eigenvalue weighted by Crippen LogP contribution is 2.40. The SMILES string of the molecule is CC1(C)Cc2nc(-c3cccnc3)ncc2[C@H](NC(=O)CCc2ccccc2)C1. The van der Waals surface area contributed by atoms with Crippen molar-refractivity contribution in [3.8, 4) is 11.4 Å². The molecule has 29 heavy (non-hydrogen) atoms. The first-order chi connectivity index (χ1) is 14.0. The molecular weight excluding hydrogens is 360 g/mol. The number of amides is 1. The number of hydrogen-bond acceptors (Lipinski definition) is 4. The molecule has 4 rings (SSSR count). The average Bonchev–Trinajstić information content (AvgIpc) is 2.72. The summed E-state index contributed by atoms with van der Waals surface area (Å²) in [5.74, 6) is 0.752. The monoisotopic (exact) mass is 386 g/mol. The molecule has 0 unspecified atom stereocenters. The van der Waals surface area contributed by atoms with E-state index in [1.54, 1.807) is 12.4 Å². The first-order valence-electron chi connectivity index (χ1n) is 10.1. The summed E-state index contributed by atoms with van der Waals surface area (Å²) in [5.41, 5.74) is 4.19. The molecule has 3 aromatic rings. The van der Waals surface area contributed by atoms with Gasteiger partial charge in [-0.05, 0) is 42.4 Å². The Bertz CT molecular complexity index is 986. The van der Waals surface area contributed by atoms with Crippen LogP contribution in [0.15, 0.2) is 61.1 Å². The molecule has 2 aromatic heterocycles. The molecular formula is C24H26N4O. The number of nitrogens with one attached hydrogen (secondary N) is 1. The number of pyridine rings is 1. The second-order valence-electron chi connectivity index (χ2n) is 8.49. The van der Waals surface area contributed by atoms with Gasteiger partial charge < -0.3 is 5.32 Å². The topological polar surface area (TPSA) is 67.8 Å². The molecule has 2 heterocycles. The molecule has 1 N–H and O–H groups in total. The Hall–Kier alpha value is -3.08. The quantitative estimate of drug-likeness (QED) is 0.710. The summed E-state index contributed by atoms with van der Waals surface area (Å²) in [6, 6.07) is 13.9. The molecule has 0 fully saturated rings. The fourth-order valence-corrected chi connectivity index (χ4v) is 3.98. The van der Waals surface area contributed by atoms with Gasteiger partial charge in [-0.2, -0.15) is 0 Å². The van der Waals surface area contributed by atoms with Gasteiger partial charge in [-0.3, -0.25) is 9.78 Å². The van der Waals surface area contributed by atoms with E-state index in [0.717, 1.165) is 36.1 Å². The number of hydrogen-bond donors (Lipinski definition) is 1. The maximum absolute atomic E-state index is 12.6. The van der Waals surface area contributed by atoms with E-state index >= 15 is 0 Å². The minimum Gasteiger partial charge on any atom is -0.349 e. The number of carbonyl (C=O) groups excluding carboxylic acids is 1. The van der Waals surface area contributed by atoms with Crippen molar-refractivity contribution in [3.05, 3.63) is 77.9 Å². The highest BCUT2D eigenvalue weighted by Gasteiger charge is 2.34. The number of rotatable bonds is 5. The third kappa shape index (κ3) is 4.67. The van der Waals surface area contributed by atoms with Crippen molar-refractivity contribution < 1.29 is 4.79 Å². The van der Waals surface area contributed by atoms with Crippen molar-refractivity contribution >= 4 is 5.91 Å². The fourth-order valence-electron chi connectivity index (χ4n) is 3.98. The van der Waals surface area contributed by atoms with Gasteiger partial charge in [0.25, 0.3) is 0 Å². The van der Waals surface area contributed by atoms with Crippen LogP contribution < -0.4 is 5.32 Å². The van der Waals surface area contributed by atoms with Crippen LogP contribution in [0.3, 0.4) is 0 Å². The van der Waals surface area contributed by atoms with Gasteiger partial charge in [0.2, 0.25) is 5.91 Å². The van der Waals surface area contributed by atoms with Gasteiger partial charge in [-0.15, -0.1) is 0 Å². The number of nitrogens with zero attached hydrogens (tertiary/aromatic N) is 3. The van der Waals surface area contributed by atoms with Crippen LogP contribution in [0.5, 0.6) is 0 Å². The van der Waals surface area contributed by atoms with Crippen LogP contribution in [0.4, 0.5) is 0 Å². The van der Waals surface area contributed by atoms with Crippen molar-refractivity contribution in [1.29, 1.82) is 0 Å². The lowest BCUT2D eigenvalue weighted by Crippen LogP contribution is -2.37. The van der Waals surface area contributed by atoms with Crippen LogP contribution >= 0.6 is 0 Å². The van der Waals surface area contributed by atoms with Gasteiger partial charge in [0.1, 0.15) is 0 Å². The predicted octanol–water partition coefficient (Wildman–Crippen LogP) is 4.30. The summed E-state index contributed by atoms with van der Waals surface area (Å²) in [6.45, 7) is 4.45. The summed E-state index contributed by atoms with van der Waals surface area (Å²) in [7, 11) is 0. The first-order valence-corrected chi connectivity index (χ1v) is 10.1. The molecule has 0 aliphatic heterocycles.